The molecule has 25 heavy (non-hydrogen) atoms. The fraction of sp³-hybridized carbons (Fsp3) is 0.176. The molecule has 0 amide bonds. The molecule has 0 radical (unpaired) electrons. The number of hydrogen-bond donors (Lipinski definition) is 2. The van der Waals surface area contributed by atoms with Crippen LogP contribution in [0.4, 0.5) is 11.6 Å². The van der Waals surface area contributed by atoms with Crippen molar-refractivity contribution in [3.8, 4) is 0 Å². The average Bonchev–Trinajstić information content (AvgIpc) is 3.28. The number of nitrogens with two attached hydrogens (primary N) is 1. The topological polar surface area (TPSA) is 101 Å². The van der Waals surface area contributed by atoms with E-state index in [1.165, 1.54) is 0 Å². The van der Waals surface area contributed by atoms with Gasteiger partial charge in [-0.2, -0.15) is 5.10 Å². The van der Waals surface area contributed by atoms with Gasteiger partial charge in [0.15, 0.2) is 0 Å². The van der Waals surface area contributed by atoms with E-state index >= 15 is 0 Å². The molecule has 5 rings (SSSR count). The summed E-state index contributed by atoms with van der Waals surface area (Å²) in [5.41, 5.74) is 10.3. The van der Waals surface area contributed by atoms with Crippen molar-refractivity contribution < 1.29 is 0 Å². The number of nitrogen functional groups attached to an aromatic ring is 1. The van der Waals surface area contributed by atoms with Crippen LogP contribution in [0.1, 0.15) is 23.1 Å². The quantitative estimate of drug-likeness (QED) is 0.578. The van der Waals surface area contributed by atoms with E-state index in [2.05, 4.69) is 30.9 Å². The zero-order valence-electron chi connectivity index (χ0n) is 13.4. The van der Waals surface area contributed by atoms with Gasteiger partial charge in [0.05, 0.1) is 41.3 Å². The van der Waals surface area contributed by atoms with E-state index < -0.39 is 0 Å². The number of nitrogens with one attached hydrogen (secondary N) is 1. The standard InChI is InChI=1S/C17H16N8/c18-11-8-19-17(20-9-11)24-6-4-13-15(22-10-21-13)16(24)14-7-12-3-1-2-5-25(12)23-14/h1-3,5,7-10,16H,4,6,18H2,(H,21,22). The van der Waals surface area contributed by atoms with Crippen LogP contribution < -0.4 is 10.6 Å². The van der Waals surface area contributed by atoms with E-state index in [9.17, 15) is 0 Å². The second-order valence-electron chi connectivity index (χ2n) is 6.07. The van der Waals surface area contributed by atoms with E-state index in [4.69, 9.17) is 10.8 Å². The number of hydrogen-bond acceptors (Lipinski definition) is 6. The smallest absolute Gasteiger partial charge is 0.226 e. The summed E-state index contributed by atoms with van der Waals surface area (Å²) in [5, 5.41) is 4.75. The highest BCUT2D eigenvalue weighted by atomic mass is 15.3. The number of rotatable bonds is 2. The Morgan fingerprint density at radius 1 is 1.16 bits per heavy atom. The first kappa shape index (κ1) is 14.0. The average molecular weight is 332 g/mol. The van der Waals surface area contributed by atoms with Crippen molar-refractivity contribution in [1.82, 2.24) is 29.5 Å². The number of nitrogens with zero attached hydrogens (tertiary/aromatic N) is 6. The number of pyridine rings is 1. The summed E-state index contributed by atoms with van der Waals surface area (Å²) in [6.45, 7) is 0.775. The molecule has 5 heterocycles. The maximum Gasteiger partial charge on any atom is 0.226 e. The van der Waals surface area contributed by atoms with Gasteiger partial charge in [-0.25, -0.2) is 19.5 Å². The molecular formula is C17H16N8. The monoisotopic (exact) mass is 332 g/mol. The van der Waals surface area contributed by atoms with Crippen molar-refractivity contribution in [2.45, 2.75) is 12.5 Å². The second-order valence-corrected chi connectivity index (χ2v) is 6.07. The lowest BCUT2D eigenvalue weighted by molar-refractivity contribution is 0.602. The Labute approximate surface area is 143 Å². The SMILES string of the molecule is Nc1cnc(N2CCc3[nH]cnc3C2c2cc3ccccn3n2)nc1. The van der Waals surface area contributed by atoms with Gasteiger partial charge < -0.3 is 15.6 Å². The molecule has 4 aromatic rings. The van der Waals surface area contributed by atoms with Crippen LogP contribution in [0.15, 0.2) is 49.2 Å². The maximum atomic E-state index is 5.74. The van der Waals surface area contributed by atoms with Crippen molar-refractivity contribution in [2.75, 3.05) is 17.2 Å². The van der Waals surface area contributed by atoms with Gasteiger partial charge in [0, 0.05) is 24.9 Å². The number of fused-ring (bicyclic) bond motifs is 2. The maximum absolute atomic E-state index is 5.74. The minimum Gasteiger partial charge on any atom is -0.396 e. The summed E-state index contributed by atoms with van der Waals surface area (Å²) >= 11 is 0. The van der Waals surface area contributed by atoms with Crippen LogP contribution in [-0.4, -0.2) is 36.1 Å². The molecule has 1 aliphatic rings. The third-order valence-electron chi connectivity index (χ3n) is 4.51. The van der Waals surface area contributed by atoms with Gasteiger partial charge in [-0.15, -0.1) is 0 Å². The molecule has 4 aromatic heterocycles. The molecule has 1 aliphatic heterocycles. The molecule has 1 unspecified atom stereocenters. The van der Waals surface area contributed by atoms with E-state index in [1.54, 1.807) is 18.7 Å². The van der Waals surface area contributed by atoms with E-state index in [1.807, 2.05) is 28.9 Å². The van der Waals surface area contributed by atoms with Gasteiger partial charge in [-0.3, -0.25) is 0 Å². The Hall–Kier alpha value is -3.42. The van der Waals surface area contributed by atoms with E-state index in [0.29, 0.717) is 11.6 Å². The largest absolute Gasteiger partial charge is 0.396 e. The summed E-state index contributed by atoms with van der Waals surface area (Å²) in [4.78, 5) is 18.7. The first-order valence-corrected chi connectivity index (χ1v) is 8.10. The highest BCUT2D eigenvalue weighted by molar-refractivity contribution is 5.52. The van der Waals surface area contributed by atoms with Crippen LogP contribution in [0.25, 0.3) is 5.52 Å². The lowest BCUT2D eigenvalue weighted by Gasteiger charge is -2.33. The molecule has 0 aromatic carbocycles. The Balaban J connectivity index is 1.66. The van der Waals surface area contributed by atoms with Crippen molar-refractivity contribution in [1.29, 1.82) is 0 Å². The van der Waals surface area contributed by atoms with Gasteiger partial charge in [-0.05, 0) is 18.2 Å². The van der Waals surface area contributed by atoms with Gasteiger partial charge in [0.1, 0.15) is 6.04 Å². The summed E-state index contributed by atoms with van der Waals surface area (Å²) in [6, 6.07) is 7.94. The van der Waals surface area contributed by atoms with Crippen LogP contribution >= 0.6 is 0 Å². The number of imidazole rings is 1. The van der Waals surface area contributed by atoms with Gasteiger partial charge in [0.2, 0.25) is 5.95 Å². The van der Waals surface area contributed by atoms with Gasteiger partial charge in [-0.1, -0.05) is 6.07 Å². The summed E-state index contributed by atoms with van der Waals surface area (Å²) in [5.74, 6) is 0.630. The lowest BCUT2D eigenvalue weighted by atomic mass is 10.0. The highest BCUT2D eigenvalue weighted by Gasteiger charge is 2.34. The summed E-state index contributed by atoms with van der Waals surface area (Å²) in [7, 11) is 0. The first-order valence-electron chi connectivity index (χ1n) is 8.10. The fourth-order valence-electron chi connectivity index (χ4n) is 3.36. The normalized spacial score (nSPS) is 17.0. The number of aromatic nitrogens is 6. The number of H-pyrrole nitrogens is 1. The zero-order chi connectivity index (χ0) is 16.8. The zero-order valence-corrected chi connectivity index (χ0v) is 13.4. The third-order valence-corrected chi connectivity index (χ3v) is 4.51. The minimum atomic E-state index is -0.140. The third kappa shape index (κ3) is 2.22. The molecule has 0 fully saturated rings. The van der Waals surface area contributed by atoms with Crippen LogP contribution in [0.3, 0.4) is 0 Å². The molecular weight excluding hydrogens is 316 g/mol. The summed E-state index contributed by atoms with van der Waals surface area (Å²) < 4.78 is 1.87. The molecule has 0 saturated carbocycles. The molecule has 8 nitrogen and oxygen atoms in total. The van der Waals surface area contributed by atoms with Crippen molar-refractivity contribution in [3.05, 3.63) is 66.3 Å². The Bertz CT molecular complexity index is 999. The van der Waals surface area contributed by atoms with Crippen molar-refractivity contribution in [3.63, 3.8) is 0 Å². The van der Waals surface area contributed by atoms with Crippen molar-refractivity contribution >= 4 is 17.2 Å². The molecule has 124 valence electrons. The van der Waals surface area contributed by atoms with E-state index in [-0.39, 0.29) is 6.04 Å². The molecule has 0 spiro atoms. The van der Waals surface area contributed by atoms with Crippen LogP contribution in [-0.2, 0) is 6.42 Å². The van der Waals surface area contributed by atoms with Gasteiger partial charge in [0.25, 0.3) is 0 Å². The Kier molecular flexibility index (Phi) is 2.96. The fourth-order valence-corrected chi connectivity index (χ4v) is 3.36. The summed E-state index contributed by atoms with van der Waals surface area (Å²) in [6.07, 6.45) is 7.79. The second kappa shape index (κ2) is 5.30. The molecule has 0 aliphatic carbocycles. The lowest BCUT2D eigenvalue weighted by Crippen LogP contribution is -2.37. The first-order chi connectivity index (χ1) is 12.3. The van der Waals surface area contributed by atoms with E-state index in [0.717, 1.165) is 35.6 Å². The number of aromatic amines is 1. The Morgan fingerprint density at radius 2 is 2.04 bits per heavy atom. The molecule has 0 bridgehead atoms. The number of anilines is 2. The molecule has 8 heteroatoms. The van der Waals surface area contributed by atoms with Crippen LogP contribution in [0, 0.1) is 0 Å². The predicted octanol–water partition coefficient (Wildman–Crippen LogP) is 1.58. The molecule has 0 saturated heterocycles. The predicted molar refractivity (Wildman–Crippen MR) is 93.1 cm³/mol. The minimum absolute atomic E-state index is 0.140. The van der Waals surface area contributed by atoms with Crippen molar-refractivity contribution in [2.24, 2.45) is 0 Å². The molecule has 1 atom stereocenters. The van der Waals surface area contributed by atoms with Gasteiger partial charge >= 0.3 is 0 Å². The van der Waals surface area contributed by atoms with Crippen LogP contribution in [0.5, 0.6) is 0 Å². The molecule has 3 N–H and O–H groups in total. The Morgan fingerprint density at radius 3 is 2.88 bits per heavy atom. The highest BCUT2D eigenvalue weighted by Crippen LogP contribution is 2.35. The van der Waals surface area contributed by atoms with Crippen LogP contribution in [0.2, 0.25) is 0 Å².